The number of aromatic amines is 2. The van der Waals surface area contributed by atoms with Gasteiger partial charge in [-0.3, -0.25) is 19.2 Å². The molecule has 0 aromatic carbocycles. The molecule has 218 valence electrons. The lowest BCUT2D eigenvalue weighted by Crippen LogP contribution is -2.15. The number of rotatable bonds is 12. The molecule has 0 bridgehead atoms. The number of carboxylic acids is 2. The Morgan fingerprint density at radius 2 is 1.45 bits per heavy atom. The van der Waals surface area contributed by atoms with E-state index in [0.717, 1.165) is 39.3 Å². The number of hydrogen-bond acceptors (Lipinski definition) is 4. The molecule has 2 aromatic rings. The number of aromatic nitrogens is 2. The minimum atomic E-state index is -0.925. The normalized spacial score (nSPS) is 16.9. The Balaban J connectivity index is 1.76. The number of amides is 2. The molecule has 0 radical (unpaired) electrons. The lowest BCUT2D eigenvalue weighted by molar-refractivity contribution is -0.138. The fourth-order valence-electron chi connectivity index (χ4n) is 5.30. The third-order valence-corrected chi connectivity index (χ3v) is 7.65. The maximum Gasteiger partial charge on any atom is 0.303 e. The van der Waals surface area contributed by atoms with Crippen LogP contribution in [0.25, 0.3) is 12.2 Å². The van der Waals surface area contributed by atoms with Gasteiger partial charge in [-0.1, -0.05) is 25.3 Å². The minimum absolute atomic E-state index is 0.0692. The summed E-state index contributed by atoms with van der Waals surface area (Å²) in [6.07, 6.45) is 7.53. The van der Waals surface area contributed by atoms with Crippen LogP contribution in [0.5, 0.6) is 0 Å². The Morgan fingerprint density at radius 1 is 0.810 bits per heavy atom. The van der Waals surface area contributed by atoms with Gasteiger partial charge in [0.25, 0.3) is 11.8 Å². The number of carbonyl (C=O) groups is 4. The molecule has 0 atom stereocenters. The van der Waals surface area contributed by atoms with Crippen molar-refractivity contribution in [2.24, 2.45) is 0 Å². The van der Waals surface area contributed by atoms with Crippen LogP contribution < -0.4 is 10.6 Å². The molecule has 0 unspecified atom stereocenters. The van der Waals surface area contributed by atoms with Crippen LogP contribution in [-0.2, 0) is 38.4 Å². The summed E-state index contributed by atoms with van der Waals surface area (Å²) in [5, 5.41) is 24.4. The van der Waals surface area contributed by atoms with Crippen molar-refractivity contribution in [1.29, 1.82) is 0 Å². The fourth-order valence-corrected chi connectivity index (χ4v) is 5.30. The topological polar surface area (TPSA) is 164 Å². The number of carboxylic acid groups (broad SMARTS) is 2. The zero-order chi connectivity index (χ0) is 30.7. The van der Waals surface area contributed by atoms with Gasteiger partial charge >= 0.3 is 11.9 Å². The number of aryl methyl sites for hydroxylation is 1. The molecule has 2 aromatic heterocycles. The largest absolute Gasteiger partial charge is 0.481 e. The van der Waals surface area contributed by atoms with Gasteiger partial charge in [0.05, 0.1) is 5.70 Å². The molecule has 6 N–H and O–H groups in total. The fraction of sp³-hybridized carbons (Fsp3) is 0.250. The van der Waals surface area contributed by atoms with Crippen molar-refractivity contribution in [2.75, 3.05) is 0 Å². The van der Waals surface area contributed by atoms with Gasteiger partial charge in [-0.15, -0.1) is 0 Å². The average molecular weight is 571 g/mol. The summed E-state index contributed by atoms with van der Waals surface area (Å²) in [4.78, 5) is 54.2. The highest BCUT2D eigenvalue weighted by atomic mass is 16.4. The Kier molecular flexibility index (Phi) is 8.65. The number of H-pyrrole nitrogens is 2. The zero-order valence-electron chi connectivity index (χ0n) is 23.9. The quantitative estimate of drug-likeness (QED) is 0.224. The average Bonchev–Trinajstić information content (AvgIpc) is 3.61. The van der Waals surface area contributed by atoms with E-state index in [0.29, 0.717) is 40.2 Å². The molecule has 0 saturated heterocycles. The van der Waals surface area contributed by atoms with Crippen LogP contribution in [0.15, 0.2) is 65.1 Å². The van der Waals surface area contributed by atoms with Gasteiger partial charge in [0, 0.05) is 64.5 Å². The van der Waals surface area contributed by atoms with Crippen LogP contribution in [0, 0.1) is 6.92 Å². The van der Waals surface area contributed by atoms with E-state index in [1.54, 1.807) is 19.1 Å². The Labute approximate surface area is 243 Å². The van der Waals surface area contributed by atoms with Crippen molar-refractivity contribution in [1.82, 2.24) is 20.6 Å². The third-order valence-electron chi connectivity index (χ3n) is 7.65. The second kappa shape index (κ2) is 12.2. The number of carbonyl (C=O) groups excluding carboxylic acids is 2. The number of allylic oxidation sites excluding steroid dienone is 2. The minimum Gasteiger partial charge on any atom is -0.481 e. The van der Waals surface area contributed by atoms with Crippen LogP contribution in [0.1, 0.15) is 66.2 Å². The molecule has 10 nitrogen and oxygen atoms in total. The highest BCUT2D eigenvalue weighted by Crippen LogP contribution is 2.30. The summed E-state index contributed by atoms with van der Waals surface area (Å²) in [5.74, 6) is -2.28. The number of aliphatic carboxylic acids is 2. The third kappa shape index (κ3) is 6.12. The molecule has 2 aliphatic rings. The Hall–Kier alpha value is -5.12. The maximum absolute atomic E-state index is 12.3. The summed E-state index contributed by atoms with van der Waals surface area (Å²) < 4.78 is 0. The lowest BCUT2D eigenvalue weighted by Gasteiger charge is -2.06. The van der Waals surface area contributed by atoms with Gasteiger partial charge < -0.3 is 30.8 Å². The monoisotopic (exact) mass is 570 g/mol. The summed E-state index contributed by atoms with van der Waals surface area (Å²) >= 11 is 0. The van der Waals surface area contributed by atoms with Gasteiger partial charge in [0.15, 0.2) is 0 Å². The second-order valence-electron chi connectivity index (χ2n) is 10.3. The molecule has 0 saturated carbocycles. The molecule has 0 aliphatic carbocycles. The molecule has 42 heavy (non-hydrogen) atoms. The molecule has 0 spiro atoms. The molecule has 2 aliphatic heterocycles. The molecule has 2 amide bonds. The first kappa shape index (κ1) is 29.9. The summed E-state index contributed by atoms with van der Waals surface area (Å²) in [6, 6.07) is 1.87. The van der Waals surface area contributed by atoms with Crippen LogP contribution in [0.2, 0.25) is 0 Å². The second-order valence-corrected chi connectivity index (χ2v) is 10.3. The van der Waals surface area contributed by atoms with Crippen LogP contribution >= 0.6 is 0 Å². The van der Waals surface area contributed by atoms with E-state index in [-0.39, 0.29) is 37.5 Å². The van der Waals surface area contributed by atoms with Crippen LogP contribution in [0.4, 0.5) is 0 Å². The van der Waals surface area contributed by atoms with Crippen molar-refractivity contribution < 1.29 is 29.4 Å². The van der Waals surface area contributed by atoms with Gasteiger partial charge in [-0.25, -0.2) is 0 Å². The number of nitrogens with one attached hydrogen (secondary N) is 4. The van der Waals surface area contributed by atoms with E-state index >= 15 is 0 Å². The van der Waals surface area contributed by atoms with E-state index in [2.05, 4.69) is 33.8 Å². The van der Waals surface area contributed by atoms with Gasteiger partial charge in [-0.05, 0) is 74.1 Å². The first-order valence-electron chi connectivity index (χ1n) is 13.5. The van der Waals surface area contributed by atoms with Gasteiger partial charge in [0.2, 0.25) is 0 Å². The summed E-state index contributed by atoms with van der Waals surface area (Å²) in [7, 11) is 0. The summed E-state index contributed by atoms with van der Waals surface area (Å²) in [6.45, 7) is 13.0. The van der Waals surface area contributed by atoms with Crippen molar-refractivity contribution in [2.45, 2.75) is 52.9 Å². The van der Waals surface area contributed by atoms with E-state index < -0.39 is 11.9 Å². The first-order chi connectivity index (χ1) is 19.9. The predicted molar refractivity (Wildman–Crippen MR) is 159 cm³/mol. The SMILES string of the molecule is C=CC1=C(C)/C(=C/c2cc(CCC(=O)O)c(Cc3[nH]c(/C=C4\NC(=O)C(C)=C4C=C)c(C)c3CCC(=O)O)[nH]2)NC1=O. The molecular formula is C32H34N4O6. The van der Waals surface area contributed by atoms with E-state index in [4.69, 9.17) is 0 Å². The van der Waals surface area contributed by atoms with Crippen LogP contribution in [-0.4, -0.2) is 43.9 Å². The molecule has 0 fully saturated rings. The van der Waals surface area contributed by atoms with Crippen LogP contribution in [0.3, 0.4) is 0 Å². The van der Waals surface area contributed by atoms with Crippen molar-refractivity contribution >= 4 is 35.9 Å². The Bertz CT molecular complexity index is 1660. The standard InChI is InChI=1S/C32H34N4O6/c1-6-21-18(5)31(41)36-27(21)14-25-17(4)23(9-11-30(39)40)28(34-25)15-26-19(8-10-29(37)38)12-20(33-26)13-24-16(3)22(7-2)32(42)35-24/h6-7,12-14,33-34H,1-2,8-11,15H2,3-5H3,(H,35,42)(H,36,41)(H,37,38)(H,39,40)/b24-13-,27-14-. The Morgan fingerprint density at radius 3 is 2.07 bits per heavy atom. The van der Waals surface area contributed by atoms with Gasteiger partial charge in [-0.2, -0.15) is 0 Å². The molecule has 4 rings (SSSR count). The highest BCUT2D eigenvalue weighted by molar-refractivity contribution is 6.03. The van der Waals surface area contributed by atoms with E-state index in [9.17, 15) is 29.4 Å². The van der Waals surface area contributed by atoms with Crippen molar-refractivity contribution in [3.05, 3.63) is 105 Å². The molecular weight excluding hydrogens is 536 g/mol. The van der Waals surface area contributed by atoms with Crippen molar-refractivity contribution in [3.8, 4) is 0 Å². The molecule has 10 heteroatoms. The lowest BCUT2D eigenvalue weighted by atomic mass is 10.00. The smallest absolute Gasteiger partial charge is 0.303 e. The van der Waals surface area contributed by atoms with Crippen molar-refractivity contribution in [3.63, 3.8) is 0 Å². The first-order valence-corrected chi connectivity index (χ1v) is 13.5. The predicted octanol–water partition coefficient (Wildman–Crippen LogP) is 4.22. The molecule has 4 heterocycles. The zero-order valence-corrected chi connectivity index (χ0v) is 23.9. The summed E-state index contributed by atoms with van der Waals surface area (Å²) in [5.41, 5.74) is 9.19. The van der Waals surface area contributed by atoms with E-state index in [1.807, 2.05) is 26.0 Å². The van der Waals surface area contributed by atoms with Gasteiger partial charge in [0.1, 0.15) is 0 Å². The highest BCUT2D eigenvalue weighted by Gasteiger charge is 2.24. The maximum atomic E-state index is 12.3. The number of hydrogen-bond donors (Lipinski definition) is 6. The van der Waals surface area contributed by atoms with E-state index in [1.165, 1.54) is 6.08 Å².